The smallest absolute Gasteiger partial charge is 0.100 e. The van der Waals surface area contributed by atoms with Gasteiger partial charge >= 0.3 is 0 Å². The number of nitrogens with zero attached hydrogens (tertiary/aromatic N) is 4. The van der Waals surface area contributed by atoms with Gasteiger partial charge in [-0.05, 0) is 42.5 Å². The van der Waals surface area contributed by atoms with E-state index in [1.165, 1.54) is 5.56 Å². The summed E-state index contributed by atoms with van der Waals surface area (Å²) in [6, 6.07) is 10.6. The Bertz CT molecular complexity index is 1000. The number of pyridine rings is 1. The van der Waals surface area contributed by atoms with Crippen LogP contribution in [0.3, 0.4) is 0 Å². The molecule has 1 N–H and O–H groups in total. The molecule has 3 aromatic rings. The molecule has 0 amide bonds. The minimum absolute atomic E-state index is 0.280. The van der Waals surface area contributed by atoms with Crippen molar-refractivity contribution in [1.82, 2.24) is 14.8 Å². The maximum absolute atomic E-state index is 9.17. The van der Waals surface area contributed by atoms with Crippen LogP contribution in [0, 0.1) is 0 Å². The first-order valence-corrected chi connectivity index (χ1v) is 9.25. The first-order valence-electron chi connectivity index (χ1n) is 9.25. The van der Waals surface area contributed by atoms with E-state index in [-0.39, 0.29) is 6.04 Å². The molecule has 0 bridgehead atoms. The van der Waals surface area contributed by atoms with Crippen molar-refractivity contribution in [1.29, 1.82) is 0 Å². The van der Waals surface area contributed by atoms with E-state index in [2.05, 4.69) is 34.5 Å². The van der Waals surface area contributed by atoms with E-state index in [9.17, 15) is 5.21 Å². The third-order valence-corrected chi connectivity index (χ3v) is 5.44. The van der Waals surface area contributed by atoms with Crippen LogP contribution < -0.4 is 0 Å². The Balaban J connectivity index is 1.63. The van der Waals surface area contributed by atoms with Crippen molar-refractivity contribution in [2.24, 2.45) is 5.16 Å². The summed E-state index contributed by atoms with van der Waals surface area (Å²) in [6.07, 6.45) is 8.39. The predicted octanol–water partition coefficient (Wildman–Crippen LogP) is 3.70. The van der Waals surface area contributed by atoms with Crippen LogP contribution in [0.15, 0.2) is 54.1 Å². The lowest BCUT2D eigenvalue weighted by Gasteiger charge is -2.07. The van der Waals surface area contributed by atoms with Crippen molar-refractivity contribution in [3.63, 3.8) is 0 Å². The minimum atomic E-state index is 0.280. The molecule has 5 rings (SSSR count). The molecule has 1 aliphatic carbocycles. The van der Waals surface area contributed by atoms with Crippen molar-refractivity contribution in [3.05, 3.63) is 60.0 Å². The maximum Gasteiger partial charge on any atom is 0.100 e. The molecule has 1 aliphatic heterocycles. The molecule has 6 heteroatoms. The Morgan fingerprint density at radius 1 is 1.07 bits per heavy atom. The molecule has 0 saturated carbocycles. The summed E-state index contributed by atoms with van der Waals surface area (Å²) >= 11 is 0. The Kier molecular flexibility index (Phi) is 3.98. The monoisotopic (exact) mass is 360 g/mol. The molecule has 1 atom stereocenters. The average Bonchev–Trinajstić information content (AvgIpc) is 3.46. The summed E-state index contributed by atoms with van der Waals surface area (Å²) in [5.41, 5.74) is 7.27. The average molecular weight is 360 g/mol. The van der Waals surface area contributed by atoms with Gasteiger partial charge in [-0.3, -0.25) is 9.67 Å². The van der Waals surface area contributed by atoms with Gasteiger partial charge in [0.2, 0.25) is 0 Å². The van der Waals surface area contributed by atoms with Gasteiger partial charge in [-0.1, -0.05) is 23.4 Å². The highest BCUT2D eigenvalue weighted by atomic mass is 16.5. The lowest BCUT2D eigenvalue weighted by Crippen LogP contribution is -2.08. The topological polar surface area (TPSA) is 72.5 Å². The van der Waals surface area contributed by atoms with Crippen LogP contribution in [-0.2, 0) is 11.2 Å². The van der Waals surface area contributed by atoms with Gasteiger partial charge in [0.15, 0.2) is 0 Å². The number of aromatic nitrogens is 3. The molecule has 136 valence electrons. The quantitative estimate of drug-likeness (QED) is 0.571. The van der Waals surface area contributed by atoms with Gasteiger partial charge in [0.25, 0.3) is 0 Å². The first-order chi connectivity index (χ1) is 13.3. The highest BCUT2D eigenvalue weighted by molar-refractivity contribution is 6.04. The number of hydrogen-bond donors (Lipinski definition) is 1. The van der Waals surface area contributed by atoms with Crippen molar-refractivity contribution in [2.45, 2.75) is 25.3 Å². The number of fused-ring (bicyclic) bond motifs is 1. The maximum atomic E-state index is 9.17. The largest absolute Gasteiger partial charge is 0.411 e. The minimum Gasteiger partial charge on any atom is -0.411 e. The van der Waals surface area contributed by atoms with Crippen LogP contribution in [0.1, 0.15) is 30.0 Å². The molecule has 1 fully saturated rings. The molecule has 1 aromatic carbocycles. The summed E-state index contributed by atoms with van der Waals surface area (Å²) in [5, 5.41) is 17.5. The summed E-state index contributed by atoms with van der Waals surface area (Å²) in [5.74, 6) is 0. The fraction of sp³-hybridized carbons (Fsp3) is 0.286. The molecular formula is C21H20N4O2. The molecule has 2 aliphatic rings. The zero-order valence-corrected chi connectivity index (χ0v) is 14.9. The lowest BCUT2D eigenvalue weighted by atomic mass is 9.98. The van der Waals surface area contributed by atoms with E-state index in [1.807, 2.05) is 16.8 Å². The fourth-order valence-corrected chi connectivity index (χ4v) is 3.98. The number of benzene rings is 1. The van der Waals surface area contributed by atoms with Crippen LogP contribution in [0.5, 0.6) is 0 Å². The third-order valence-electron chi connectivity index (χ3n) is 5.44. The highest BCUT2D eigenvalue weighted by Crippen LogP contribution is 2.35. The normalized spacial score (nSPS) is 20.3. The Hall–Kier alpha value is -2.99. The summed E-state index contributed by atoms with van der Waals surface area (Å²) in [7, 11) is 0. The van der Waals surface area contributed by atoms with Crippen LogP contribution in [0.25, 0.3) is 22.4 Å². The lowest BCUT2D eigenvalue weighted by molar-refractivity contribution is 0.184. The van der Waals surface area contributed by atoms with E-state index >= 15 is 0 Å². The van der Waals surface area contributed by atoms with Gasteiger partial charge in [0.1, 0.15) is 5.69 Å². The van der Waals surface area contributed by atoms with E-state index in [1.54, 1.807) is 12.4 Å². The van der Waals surface area contributed by atoms with E-state index in [0.717, 1.165) is 59.5 Å². The van der Waals surface area contributed by atoms with Gasteiger partial charge in [-0.2, -0.15) is 5.10 Å². The van der Waals surface area contributed by atoms with E-state index in [4.69, 9.17) is 9.84 Å². The SMILES string of the molecule is ON=C1CCc2cc(-c3cn([C@H]4CCOC4)nc3-c3ccncc3)ccc21. The Morgan fingerprint density at radius 3 is 2.74 bits per heavy atom. The predicted molar refractivity (Wildman–Crippen MR) is 102 cm³/mol. The fourth-order valence-electron chi connectivity index (χ4n) is 3.98. The van der Waals surface area contributed by atoms with Crippen molar-refractivity contribution < 1.29 is 9.94 Å². The molecule has 0 unspecified atom stereocenters. The molecule has 0 spiro atoms. The Labute approximate surface area is 157 Å². The molecular weight excluding hydrogens is 340 g/mol. The number of oxime groups is 1. The Morgan fingerprint density at radius 2 is 1.96 bits per heavy atom. The first kappa shape index (κ1) is 16.2. The molecule has 27 heavy (non-hydrogen) atoms. The summed E-state index contributed by atoms with van der Waals surface area (Å²) in [6.45, 7) is 1.49. The third kappa shape index (κ3) is 2.82. The number of rotatable bonds is 3. The second-order valence-corrected chi connectivity index (χ2v) is 7.04. The molecule has 6 nitrogen and oxygen atoms in total. The van der Waals surface area contributed by atoms with Crippen molar-refractivity contribution in [3.8, 4) is 22.4 Å². The zero-order valence-electron chi connectivity index (χ0n) is 14.9. The van der Waals surface area contributed by atoms with E-state index in [0.29, 0.717) is 6.61 Å². The molecule has 0 radical (unpaired) electrons. The van der Waals surface area contributed by atoms with Gasteiger partial charge in [0, 0.05) is 41.9 Å². The highest BCUT2D eigenvalue weighted by Gasteiger charge is 2.23. The van der Waals surface area contributed by atoms with Gasteiger partial charge in [0.05, 0.1) is 18.4 Å². The standard InChI is InChI=1S/C21H20N4O2/c26-24-20-4-2-15-11-16(1-3-18(15)20)19-12-25(17-7-10-27-13-17)23-21(19)14-5-8-22-9-6-14/h1,3,5-6,8-9,11-12,17,26H,2,4,7,10,13H2/t17-/m0/s1. The van der Waals surface area contributed by atoms with Crippen molar-refractivity contribution in [2.75, 3.05) is 13.2 Å². The molecule has 3 heterocycles. The molecule has 2 aromatic heterocycles. The summed E-state index contributed by atoms with van der Waals surface area (Å²) < 4.78 is 7.60. The number of hydrogen-bond acceptors (Lipinski definition) is 5. The van der Waals surface area contributed by atoms with Crippen molar-refractivity contribution >= 4 is 5.71 Å². The van der Waals surface area contributed by atoms with Gasteiger partial charge in [-0.15, -0.1) is 0 Å². The van der Waals surface area contributed by atoms with E-state index < -0.39 is 0 Å². The second kappa shape index (κ2) is 6.63. The van der Waals surface area contributed by atoms with Crippen LogP contribution >= 0.6 is 0 Å². The van der Waals surface area contributed by atoms with Gasteiger partial charge in [-0.25, -0.2) is 0 Å². The summed E-state index contributed by atoms with van der Waals surface area (Å²) in [4.78, 5) is 4.13. The molecule has 1 saturated heterocycles. The van der Waals surface area contributed by atoms with Crippen LogP contribution in [-0.4, -0.2) is 38.9 Å². The van der Waals surface area contributed by atoms with Crippen LogP contribution in [0.4, 0.5) is 0 Å². The second-order valence-electron chi connectivity index (χ2n) is 7.04. The zero-order chi connectivity index (χ0) is 18.2. The van der Waals surface area contributed by atoms with Gasteiger partial charge < -0.3 is 9.94 Å². The van der Waals surface area contributed by atoms with Crippen LogP contribution in [0.2, 0.25) is 0 Å². The number of aryl methyl sites for hydroxylation is 1. The number of ether oxygens (including phenoxy) is 1.